The number of aryl methyl sites for hydroxylation is 2. The van der Waals surface area contributed by atoms with Gasteiger partial charge in [-0.1, -0.05) is 126 Å². The summed E-state index contributed by atoms with van der Waals surface area (Å²) in [5.41, 5.74) is 5.91. The Bertz CT molecular complexity index is 1570. The molecule has 6 nitrogen and oxygen atoms in total. The van der Waals surface area contributed by atoms with Gasteiger partial charge in [0, 0.05) is 45.9 Å². The molecule has 1 radical (unpaired) electrons. The zero-order valence-corrected chi connectivity index (χ0v) is 44.6. The van der Waals surface area contributed by atoms with E-state index in [2.05, 4.69) is 94.4 Å². The normalized spacial score (nSPS) is 16.4. The Balaban J connectivity index is 0.0000141. The molecule has 7 heteroatoms. The predicted octanol–water partition coefficient (Wildman–Crippen LogP) is 14.9. The first kappa shape index (κ1) is 57.9. The van der Waals surface area contributed by atoms with E-state index in [1.165, 1.54) is 170 Å². The SMILES string of the molecule is CCCC[N+](CCCC)(CCCC)CCCC(CCC[N+](CCCC)(CCCC)CCCC)c1cc(C)c(O)c(C=NC2CCCCC2N=Cc2cc(C)cc(C(C)(C)C)c2O)c1.[Co]. The first-order valence-electron chi connectivity index (χ1n) is 26.6. The molecule has 0 spiro atoms. The molecule has 0 saturated heterocycles. The Morgan fingerprint density at radius 1 is 0.562 bits per heavy atom. The summed E-state index contributed by atoms with van der Waals surface area (Å²) in [6, 6.07) is 8.84. The van der Waals surface area contributed by atoms with Gasteiger partial charge in [-0.05, 0) is 131 Å². The summed E-state index contributed by atoms with van der Waals surface area (Å²) in [5, 5.41) is 22.9. The predicted molar refractivity (Wildman–Crippen MR) is 276 cm³/mol. The number of benzene rings is 2. The Morgan fingerprint density at radius 2 is 0.938 bits per heavy atom. The quantitative estimate of drug-likeness (QED) is 0.0584. The van der Waals surface area contributed by atoms with Crippen LogP contribution in [-0.4, -0.2) is 96.1 Å². The molecule has 0 bridgehead atoms. The first-order valence-corrected chi connectivity index (χ1v) is 26.6. The minimum atomic E-state index is -0.159. The number of nitrogens with zero attached hydrogens (tertiary/aromatic N) is 4. The topological polar surface area (TPSA) is 65.2 Å². The fourth-order valence-electron chi connectivity index (χ4n) is 10.6. The number of aromatic hydroxyl groups is 2. The van der Waals surface area contributed by atoms with Gasteiger partial charge in [-0.3, -0.25) is 9.98 Å². The van der Waals surface area contributed by atoms with Gasteiger partial charge in [0.1, 0.15) is 11.5 Å². The molecule has 0 aromatic heterocycles. The maximum Gasteiger partial charge on any atom is 0.128 e. The molecule has 2 atom stereocenters. The number of phenols is 2. The number of phenolic OH excluding ortho intramolecular Hbond substituents is 2. The molecule has 0 heterocycles. The van der Waals surface area contributed by atoms with Gasteiger partial charge in [-0.15, -0.1) is 0 Å². The van der Waals surface area contributed by atoms with Crippen LogP contribution in [0.25, 0.3) is 0 Å². The van der Waals surface area contributed by atoms with E-state index < -0.39 is 0 Å². The van der Waals surface area contributed by atoms with Crippen molar-refractivity contribution in [2.45, 2.75) is 228 Å². The van der Waals surface area contributed by atoms with Crippen LogP contribution in [0, 0.1) is 13.8 Å². The van der Waals surface area contributed by atoms with Gasteiger partial charge in [0.15, 0.2) is 0 Å². The van der Waals surface area contributed by atoms with Crippen LogP contribution in [0.2, 0.25) is 0 Å². The molecule has 2 unspecified atom stereocenters. The fourth-order valence-corrected chi connectivity index (χ4v) is 10.6. The van der Waals surface area contributed by atoms with E-state index in [1.54, 1.807) is 0 Å². The molecule has 2 aromatic carbocycles. The minimum absolute atomic E-state index is 0. The summed E-state index contributed by atoms with van der Waals surface area (Å²) in [7, 11) is 0. The second-order valence-corrected chi connectivity index (χ2v) is 21.3. The third-order valence-corrected chi connectivity index (χ3v) is 14.7. The molecule has 3 rings (SSSR count). The third kappa shape index (κ3) is 18.8. The van der Waals surface area contributed by atoms with E-state index >= 15 is 0 Å². The molecule has 2 N–H and O–H groups in total. The van der Waals surface area contributed by atoms with Crippen LogP contribution in [0.5, 0.6) is 11.5 Å². The fraction of sp³-hybridized carbons (Fsp3) is 0.754. The average Bonchev–Trinajstić information content (AvgIpc) is 3.27. The number of hydrogen-bond donors (Lipinski definition) is 2. The second kappa shape index (κ2) is 30.2. The van der Waals surface area contributed by atoms with Crippen molar-refractivity contribution < 1.29 is 36.0 Å². The van der Waals surface area contributed by atoms with Crippen molar-refractivity contribution in [1.82, 2.24) is 0 Å². The van der Waals surface area contributed by atoms with E-state index in [-0.39, 0.29) is 34.3 Å². The number of rotatable bonds is 31. The van der Waals surface area contributed by atoms with Gasteiger partial charge >= 0.3 is 0 Å². The first-order chi connectivity index (χ1) is 30.2. The van der Waals surface area contributed by atoms with Crippen LogP contribution in [0.3, 0.4) is 0 Å². The molecule has 1 fully saturated rings. The van der Waals surface area contributed by atoms with Gasteiger partial charge in [-0.2, -0.15) is 0 Å². The molecule has 1 saturated carbocycles. The molecule has 0 amide bonds. The Kier molecular flexibility index (Phi) is 27.4. The molecule has 64 heavy (non-hydrogen) atoms. The third-order valence-electron chi connectivity index (χ3n) is 14.7. The van der Waals surface area contributed by atoms with Crippen molar-refractivity contribution in [3.05, 3.63) is 57.6 Å². The van der Waals surface area contributed by atoms with Crippen molar-refractivity contribution in [2.24, 2.45) is 9.98 Å². The van der Waals surface area contributed by atoms with Crippen molar-refractivity contribution >= 4 is 12.4 Å². The zero-order valence-electron chi connectivity index (χ0n) is 43.5. The monoisotopic (exact) mass is 932 g/mol. The van der Waals surface area contributed by atoms with Crippen LogP contribution in [-0.2, 0) is 22.2 Å². The van der Waals surface area contributed by atoms with Crippen LogP contribution in [0.4, 0.5) is 0 Å². The van der Waals surface area contributed by atoms with Crippen LogP contribution < -0.4 is 0 Å². The largest absolute Gasteiger partial charge is 0.507 e. The van der Waals surface area contributed by atoms with Crippen LogP contribution in [0.15, 0.2) is 34.3 Å². The van der Waals surface area contributed by atoms with Gasteiger partial charge in [0.2, 0.25) is 0 Å². The molecule has 367 valence electrons. The maximum atomic E-state index is 11.6. The molecule has 1 aliphatic rings. The molecule has 0 aliphatic heterocycles. The van der Waals surface area contributed by atoms with Gasteiger partial charge in [0.05, 0.1) is 64.4 Å². The van der Waals surface area contributed by atoms with E-state index in [0.717, 1.165) is 53.5 Å². The summed E-state index contributed by atoms with van der Waals surface area (Å²) >= 11 is 0. The summed E-state index contributed by atoms with van der Waals surface area (Å²) in [6.07, 6.45) is 28.6. The Morgan fingerprint density at radius 3 is 1.31 bits per heavy atom. The van der Waals surface area contributed by atoms with E-state index in [4.69, 9.17) is 9.98 Å². The summed E-state index contributed by atoms with van der Waals surface area (Å²) < 4.78 is 2.60. The standard InChI is InChI=1S/C57H98N4O2.Co/c1-12-18-32-60(33-19-13-2,34-20-14-3)38-26-28-48(29-27-39-61(35-21-15-4,36-22-16-5)37-23-17-6)49-42-47(8)55(62)51(43-49)45-59-54-31-25-24-30-53(54)58-44-50-40-46(7)41-52(56(50)63)57(9,10)11;/h40-45,48,53-54H,12-39H2,1-11H3;/p+2. The summed E-state index contributed by atoms with van der Waals surface area (Å²) in [4.78, 5) is 10.4. The van der Waals surface area contributed by atoms with E-state index in [0.29, 0.717) is 17.4 Å². The Hall–Kier alpha value is -2.19. The smallest absolute Gasteiger partial charge is 0.128 e. The van der Waals surface area contributed by atoms with Crippen LogP contribution in [0.1, 0.15) is 230 Å². The van der Waals surface area contributed by atoms with E-state index in [9.17, 15) is 10.2 Å². The van der Waals surface area contributed by atoms with Crippen molar-refractivity contribution in [1.29, 1.82) is 0 Å². The van der Waals surface area contributed by atoms with E-state index in [1.807, 2.05) is 18.5 Å². The van der Waals surface area contributed by atoms with Gasteiger partial charge in [0.25, 0.3) is 0 Å². The average molecular weight is 932 g/mol. The number of unbranched alkanes of at least 4 members (excludes halogenated alkanes) is 6. The number of quaternary nitrogens is 2. The Labute approximate surface area is 406 Å². The van der Waals surface area contributed by atoms with Crippen molar-refractivity contribution in [3.63, 3.8) is 0 Å². The molecule has 1 aliphatic carbocycles. The van der Waals surface area contributed by atoms with Gasteiger partial charge in [-0.25, -0.2) is 0 Å². The number of hydrogen-bond acceptors (Lipinski definition) is 4. The summed E-state index contributed by atoms with van der Waals surface area (Å²) in [6.45, 7) is 35.3. The maximum absolute atomic E-state index is 11.6. The molecular weight excluding hydrogens is 832 g/mol. The summed E-state index contributed by atoms with van der Waals surface area (Å²) in [5.74, 6) is 1.15. The van der Waals surface area contributed by atoms with Crippen molar-refractivity contribution in [3.8, 4) is 11.5 Å². The molecule has 2 aromatic rings. The molecular formula is C57H100CoN4O2+2. The number of aliphatic imine (C=N–C) groups is 2. The minimum Gasteiger partial charge on any atom is -0.507 e. The second-order valence-electron chi connectivity index (χ2n) is 21.3. The van der Waals surface area contributed by atoms with Crippen molar-refractivity contribution in [2.75, 3.05) is 52.4 Å². The van der Waals surface area contributed by atoms with Gasteiger partial charge < -0.3 is 19.2 Å². The zero-order chi connectivity index (χ0) is 46.3. The van der Waals surface area contributed by atoms with Crippen LogP contribution >= 0.6 is 0 Å².